The molecule has 5 rings (SSSR count). The fraction of sp³-hybridized carbons (Fsp3) is 0.143. The number of methoxy groups -OCH3 is 2. The molecule has 37 heavy (non-hydrogen) atoms. The van der Waals surface area contributed by atoms with Gasteiger partial charge >= 0.3 is 5.97 Å². The van der Waals surface area contributed by atoms with E-state index in [-0.39, 0.29) is 23.0 Å². The molecule has 1 atom stereocenters. The summed E-state index contributed by atoms with van der Waals surface area (Å²) in [5.74, 6) is -0.342. The molecule has 1 unspecified atom stereocenters. The minimum Gasteiger partial charge on any atom is -0.497 e. The number of carbonyl (C=O) groups excluding carboxylic acids is 1. The Morgan fingerprint density at radius 2 is 1.81 bits per heavy atom. The zero-order valence-corrected chi connectivity index (χ0v) is 20.1. The van der Waals surface area contributed by atoms with E-state index in [0.29, 0.717) is 44.9 Å². The molecule has 0 saturated heterocycles. The average molecular weight is 500 g/mol. The van der Waals surface area contributed by atoms with Crippen LogP contribution >= 0.6 is 0 Å². The van der Waals surface area contributed by atoms with E-state index >= 15 is 0 Å². The smallest absolute Gasteiger partial charge is 0.379 e. The van der Waals surface area contributed by atoms with Gasteiger partial charge in [0, 0.05) is 28.1 Å². The third kappa shape index (κ3) is 4.08. The van der Waals surface area contributed by atoms with E-state index in [1.165, 1.54) is 31.4 Å². The van der Waals surface area contributed by atoms with E-state index in [4.69, 9.17) is 29.1 Å². The van der Waals surface area contributed by atoms with E-state index in [1.807, 2.05) is 0 Å². The third-order valence-electron chi connectivity index (χ3n) is 6.23. The molecule has 2 N–H and O–H groups in total. The monoisotopic (exact) mass is 500 g/mol. The molecular weight excluding hydrogens is 479 g/mol. The van der Waals surface area contributed by atoms with Crippen molar-refractivity contribution >= 4 is 16.9 Å². The Bertz CT molecular complexity index is 1630. The van der Waals surface area contributed by atoms with Gasteiger partial charge in [-0.3, -0.25) is 0 Å². The molecule has 0 spiro atoms. The first-order valence-corrected chi connectivity index (χ1v) is 11.2. The summed E-state index contributed by atoms with van der Waals surface area (Å²) < 4.78 is 41.4. The Balaban J connectivity index is 1.53. The number of allylic oxidation sites excluding steroid dienone is 1. The van der Waals surface area contributed by atoms with Crippen LogP contribution in [0.3, 0.4) is 0 Å². The van der Waals surface area contributed by atoms with Crippen LogP contribution in [0, 0.1) is 24.1 Å². The summed E-state index contributed by atoms with van der Waals surface area (Å²) in [6.45, 7) is 1.65. The van der Waals surface area contributed by atoms with Crippen molar-refractivity contribution in [2.75, 3.05) is 14.2 Å². The van der Waals surface area contributed by atoms with E-state index in [9.17, 15) is 14.4 Å². The van der Waals surface area contributed by atoms with Crippen LogP contribution in [0.2, 0.25) is 0 Å². The van der Waals surface area contributed by atoms with Crippen molar-refractivity contribution in [3.63, 3.8) is 0 Å². The molecule has 3 aromatic carbocycles. The Morgan fingerprint density at radius 3 is 2.54 bits per heavy atom. The Hall–Kier alpha value is -4.97. The summed E-state index contributed by atoms with van der Waals surface area (Å²) in [6, 6.07) is 16.2. The van der Waals surface area contributed by atoms with Crippen LogP contribution in [-0.4, -0.2) is 20.2 Å². The van der Waals surface area contributed by atoms with Gasteiger partial charge < -0.3 is 29.1 Å². The van der Waals surface area contributed by atoms with E-state index in [0.717, 1.165) is 0 Å². The molecule has 0 fully saturated rings. The maximum Gasteiger partial charge on any atom is 0.379 e. The summed E-state index contributed by atoms with van der Waals surface area (Å²) in [5.41, 5.74) is 8.43. The highest BCUT2D eigenvalue weighted by atomic mass is 19.1. The van der Waals surface area contributed by atoms with Crippen molar-refractivity contribution in [1.82, 2.24) is 0 Å². The van der Waals surface area contributed by atoms with Crippen molar-refractivity contribution < 1.29 is 32.5 Å². The SMILES string of the molecule is COc1ccc(OC)c(C2C(C#N)=C(N)Oc3cc(OC(=O)c4oc5ccc(F)cc5c4C)ccc32)c1. The number of aryl methyl sites for hydroxylation is 1. The Kier molecular flexibility index (Phi) is 5.93. The van der Waals surface area contributed by atoms with Crippen LogP contribution in [0.1, 0.15) is 33.2 Å². The van der Waals surface area contributed by atoms with E-state index < -0.39 is 17.7 Å². The highest BCUT2D eigenvalue weighted by molar-refractivity contribution is 5.96. The van der Waals surface area contributed by atoms with Crippen molar-refractivity contribution in [3.8, 4) is 29.1 Å². The fourth-order valence-corrected chi connectivity index (χ4v) is 4.43. The molecule has 9 heteroatoms. The number of ether oxygens (including phenoxy) is 4. The first kappa shape index (κ1) is 23.8. The van der Waals surface area contributed by atoms with Crippen molar-refractivity contribution in [2.24, 2.45) is 5.73 Å². The molecule has 2 heterocycles. The van der Waals surface area contributed by atoms with Gasteiger partial charge in [-0.25, -0.2) is 9.18 Å². The van der Waals surface area contributed by atoms with Crippen LogP contribution in [0.4, 0.5) is 4.39 Å². The number of rotatable bonds is 5. The van der Waals surface area contributed by atoms with Gasteiger partial charge in [-0.15, -0.1) is 0 Å². The summed E-state index contributed by atoms with van der Waals surface area (Å²) in [7, 11) is 3.07. The van der Waals surface area contributed by atoms with Crippen LogP contribution in [-0.2, 0) is 0 Å². The first-order chi connectivity index (χ1) is 17.8. The molecule has 0 saturated carbocycles. The standard InChI is InChI=1S/C28H21FN2O6/c1-14-19-10-15(29)4-8-23(19)36-26(14)28(32)35-17-5-7-18-24(12-17)37-27(31)21(13-30)25(18)20-11-16(33-2)6-9-22(20)34-3/h4-12,25H,31H2,1-3H3. The van der Waals surface area contributed by atoms with Gasteiger partial charge in [0.15, 0.2) is 0 Å². The van der Waals surface area contributed by atoms with Crippen molar-refractivity contribution in [2.45, 2.75) is 12.8 Å². The summed E-state index contributed by atoms with van der Waals surface area (Å²) in [5, 5.41) is 10.4. The third-order valence-corrected chi connectivity index (χ3v) is 6.23. The summed E-state index contributed by atoms with van der Waals surface area (Å²) >= 11 is 0. The van der Waals surface area contributed by atoms with Crippen LogP contribution < -0.4 is 24.7 Å². The zero-order valence-electron chi connectivity index (χ0n) is 20.1. The van der Waals surface area contributed by atoms with Gasteiger partial charge in [0.1, 0.15) is 46.0 Å². The van der Waals surface area contributed by atoms with Crippen molar-refractivity contribution in [1.29, 1.82) is 5.26 Å². The number of hydrogen-bond donors (Lipinski definition) is 1. The number of carbonyl (C=O) groups is 1. The minimum atomic E-state index is -0.753. The highest BCUT2D eigenvalue weighted by Gasteiger charge is 2.33. The maximum atomic E-state index is 13.6. The van der Waals surface area contributed by atoms with Crippen molar-refractivity contribution in [3.05, 3.63) is 94.3 Å². The van der Waals surface area contributed by atoms with Gasteiger partial charge in [-0.05, 0) is 49.4 Å². The minimum absolute atomic E-state index is 0.0376. The second kappa shape index (κ2) is 9.24. The number of furan rings is 1. The van der Waals surface area contributed by atoms with Gasteiger partial charge in [0.25, 0.3) is 0 Å². The van der Waals surface area contributed by atoms with Gasteiger partial charge in [0.2, 0.25) is 11.6 Å². The number of nitrogens with zero attached hydrogens (tertiary/aromatic N) is 1. The molecule has 1 aromatic heterocycles. The normalized spacial score (nSPS) is 14.5. The lowest BCUT2D eigenvalue weighted by Gasteiger charge is -2.28. The number of nitriles is 1. The zero-order chi connectivity index (χ0) is 26.3. The molecule has 8 nitrogen and oxygen atoms in total. The molecule has 0 radical (unpaired) electrons. The molecular formula is C28H21FN2O6. The van der Waals surface area contributed by atoms with Crippen LogP contribution in [0.5, 0.6) is 23.0 Å². The summed E-state index contributed by atoms with van der Waals surface area (Å²) in [4.78, 5) is 12.9. The predicted octanol–water partition coefficient (Wildman–Crippen LogP) is 5.33. The Morgan fingerprint density at radius 1 is 1.03 bits per heavy atom. The largest absolute Gasteiger partial charge is 0.497 e. The molecule has 0 aliphatic carbocycles. The molecule has 4 aromatic rings. The summed E-state index contributed by atoms with van der Waals surface area (Å²) in [6.07, 6.45) is 0. The first-order valence-electron chi connectivity index (χ1n) is 11.2. The maximum absolute atomic E-state index is 13.6. The molecule has 1 aliphatic heterocycles. The predicted molar refractivity (Wildman–Crippen MR) is 131 cm³/mol. The van der Waals surface area contributed by atoms with Gasteiger partial charge in [-0.2, -0.15) is 5.26 Å². The lowest BCUT2D eigenvalue weighted by atomic mass is 9.83. The fourth-order valence-electron chi connectivity index (χ4n) is 4.43. The Labute approximate surface area is 211 Å². The van der Waals surface area contributed by atoms with E-state index in [2.05, 4.69) is 6.07 Å². The lowest BCUT2D eigenvalue weighted by Crippen LogP contribution is -2.21. The highest BCUT2D eigenvalue weighted by Crippen LogP contribution is 2.46. The molecule has 0 bridgehead atoms. The second-order valence-corrected chi connectivity index (χ2v) is 8.32. The molecule has 1 aliphatic rings. The number of halogens is 1. The number of benzene rings is 3. The molecule has 0 amide bonds. The van der Waals surface area contributed by atoms with Crippen LogP contribution in [0.15, 0.2) is 70.5 Å². The number of fused-ring (bicyclic) bond motifs is 2. The number of esters is 1. The topological polar surface area (TPSA) is 117 Å². The number of nitrogens with two attached hydrogens (primary N) is 1. The quantitative estimate of drug-likeness (QED) is 0.288. The van der Waals surface area contributed by atoms with Gasteiger partial charge in [-0.1, -0.05) is 6.07 Å². The molecule has 186 valence electrons. The number of hydrogen-bond acceptors (Lipinski definition) is 8. The lowest BCUT2D eigenvalue weighted by molar-refractivity contribution is 0.0702. The van der Waals surface area contributed by atoms with Crippen LogP contribution in [0.25, 0.3) is 11.0 Å². The average Bonchev–Trinajstić information content (AvgIpc) is 3.23. The second-order valence-electron chi connectivity index (χ2n) is 8.32. The van der Waals surface area contributed by atoms with Gasteiger partial charge in [0.05, 0.1) is 20.1 Å². The van der Waals surface area contributed by atoms with E-state index in [1.54, 1.807) is 44.4 Å².